The molecule has 2 atom stereocenters. The third-order valence-corrected chi connectivity index (χ3v) is 4.17. The van der Waals surface area contributed by atoms with Crippen molar-refractivity contribution in [3.05, 3.63) is 18.0 Å². The molecule has 0 amide bonds. The summed E-state index contributed by atoms with van der Waals surface area (Å²) in [6.45, 7) is 4.70. The molecule has 1 aromatic rings. The fraction of sp³-hybridized carbons (Fsp3) is 0.750. The summed E-state index contributed by atoms with van der Waals surface area (Å²) in [7, 11) is -1.35. The normalized spacial score (nSPS) is 24.9. The first-order chi connectivity index (χ1) is 9.40. The maximum absolute atomic E-state index is 11.3. The van der Waals surface area contributed by atoms with Crippen molar-refractivity contribution >= 4 is 10.0 Å². The van der Waals surface area contributed by atoms with Gasteiger partial charge in [0.2, 0.25) is 10.0 Å². The van der Waals surface area contributed by atoms with E-state index in [4.69, 9.17) is 4.74 Å². The smallest absolute Gasteiger partial charge is 0.208 e. The van der Waals surface area contributed by atoms with Crippen molar-refractivity contribution in [1.82, 2.24) is 19.4 Å². The first-order valence-electron chi connectivity index (χ1n) is 6.69. The molecule has 20 heavy (non-hydrogen) atoms. The van der Waals surface area contributed by atoms with Crippen molar-refractivity contribution in [1.29, 1.82) is 0 Å². The Labute approximate surface area is 120 Å². The molecule has 1 aliphatic heterocycles. The Hall–Kier alpha value is -0.960. The number of likely N-dealkylation sites (N-methyl/N-ethyl adjacent to an activating group) is 1. The second-order valence-electron chi connectivity index (χ2n) is 5.05. The van der Waals surface area contributed by atoms with Crippen molar-refractivity contribution in [2.45, 2.75) is 19.1 Å². The maximum atomic E-state index is 11.3. The topological polar surface area (TPSA) is 76.5 Å². The zero-order valence-corrected chi connectivity index (χ0v) is 12.9. The molecule has 0 saturated carbocycles. The molecule has 0 radical (unpaired) electrons. The Morgan fingerprint density at radius 2 is 2.30 bits per heavy atom. The SMILES string of the molecule is CCN1CCO[C@@H](CNS(C)(=O)=O)[C@@H]1c1cnn(C)c1. The summed E-state index contributed by atoms with van der Waals surface area (Å²) < 4.78 is 32.6. The van der Waals surface area contributed by atoms with Crippen LogP contribution in [0.1, 0.15) is 18.5 Å². The lowest BCUT2D eigenvalue weighted by Gasteiger charge is -2.40. The largest absolute Gasteiger partial charge is 0.374 e. The van der Waals surface area contributed by atoms with E-state index in [2.05, 4.69) is 21.6 Å². The van der Waals surface area contributed by atoms with Gasteiger partial charge in [-0.3, -0.25) is 9.58 Å². The number of rotatable bonds is 5. The van der Waals surface area contributed by atoms with Crippen LogP contribution in [0.2, 0.25) is 0 Å². The van der Waals surface area contributed by atoms with E-state index in [0.717, 1.165) is 24.9 Å². The molecule has 1 aromatic heterocycles. The molecule has 0 bridgehead atoms. The molecule has 2 heterocycles. The van der Waals surface area contributed by atoms with E-state index >= 15 is 0 Å². The first-order valence-corrected chi connectivity index (χ1v) is 8.58. The maximum Gasteiger partial charge on any atom is 0.208 e. The van der Waals surface area contributed by atoms with Crippen molar-refractivity contribution in [2.75, 3.05) is 32.5 Å². The quantitative estimate of drug-likeness (QED) is 0.810. The van der Waals surface area contributed by atoms with Gasteiger partial charge in [-0.2, -0.15) is 5.10 Å². The second kappa shape index (κ2) is 6.21. The Bertz CT molecular complexity index is 543. The first kappa shape index (κ1) is 15.4. The molecular weight excluding hydrogens is 280 g/mol. The van der Waals surface area contributed by atoms with Gasteiger partial charge < -0.3 is 4.74 Å². The van der Waals surface area contributed by atoms with Crippen LogP contribution in [0.5, 0.6) is 0 Å². The number of hydrogen-bond acceptors (Lipinski definition) is 5. The zero-order chi connectivity index (χ0) is 14.8. The summed E-state index contributed by atoms with van der Waals surface area (Å²) in [5, 5.41) is 4.20. The summed E-state index contributed by atoms with van der Waals surface area (Å²) in [5.41, 5.74) is 1.05. The molecule has 0 spiro atoms. The van der Waals surface area contributed by atoms with E-state index in [1.54, 1.807) is 4.68 Å². The van der Waals surface area contributed by atoms with Crippen molar-refractivity contribution in [3.8, 4) is 0 Å². The molecule has 1 fully saturated rings. The Morgan fingerprint density at radius 3 is 2.85 bits per heavy atom. The van der Waals surface area contributed by atoms with Crippen molar-refractivity contribution in [3.63, 3.8) is 0 Å². The van der Waals surface area contributed by atoms with Crippen LogP contribution in [-0.4, -0.2) is 61.7 Å². The molecule has 7 nitrogen and oxygen atoms in total. The molecule has 0 aromatic carbocycles. The van der Waals surface area contributed by atoms with E-state index < -0.39 is 10.0 Å². The molecule has 1 N–H and O–H groups in total. The number of ether oxygens (including phenoxy) is 1. The van der Waals surface area contributed by atoms with E-state index in [0.29, 0.717) is 6.61 Å². The molecule has 1 aliphatic rings. The van der Waals surface area contributed by atoms with E-state index in [1.165, 1.54) is 0 Å². The molecule has 2 rings (SSSR count). The number of aryl methyl sites for hydroxylation is 1. The minimum atomic E-state index is -3.22. The van der Waals surface area contributed by atoms with Crippen molar-refractivity contribution < 1.29 is 13.2 Å². The third-order valence-electron chi connectivity index (χ3n) is 3.48. The second-order valence-corrected chi connectivity index (χ2v) is 6.88. The van der Waals surface area contributed by atoms with E-state index in [9.17, 15) is 8.42 Å². The van der Waals surface area contributed by atoms with Gasteiger partial charge >= 0.3 is 0 Å². The number of hydrogen-bond donors (Lipinski definition) is 1. The van der Waals surface area contributed by atoms with Gasteiger partial charge in [-0.15, -0.1) is 0 Å². The van der Waals surface area contributed by atoms with Crippen LogP contribution in [0.3, 0.4) is 0 Å². The lowest BCUT2D eigenvalue weighted by Crippen LogP contribution is -2.49. The Balaban J connectivity index is 2.18. The van der Waals surface area contributed by atoms with E-state index in [-0.39, 0.29) is 18.7 Å². The zero-order valence-electron chi connectivity index (χ0n) is 12.1. The summed E-state index contributed by atoms with van der Waals surface area (Å²) in [4.78, 5) is 2.29. The lowest BCUT2D eigenvalue weighted by molar-refractivity contribution is -0.0673. The molecule has 0 aliphatic carbocycles. The van der Waals surface area contributed by atoms with Gasteiger partial charge in [0, 0.05) is 31.9 Å². The monoisotopic (exact) mass is 302 g/mol. The fourth-order valence-corrected chi connectivity index (χ4v) is 3.03. The van der Waals surface area contributed by atoms with Crippen LogP contribution in [-0.2, 0) is 21.8 Å². The predicted molar refractivity (Wildman–Crippen MR) is 75.8 cm³/mol. The van der Waals surface area contributed by atoms with Gasteiger partial charge in [0.1, 0.15) is 0 Å². The predicted octanol–water partition coefficient (Wildman–Crippen LogP) is -0.269. The number of nitrogens with zero attached hydrogens (tertiary/aromatic N) is 3. The summed E-state index contributed by atoms with van der Waals surface area (Å²) in [6, 6.07) is 0.0247. The van der Waals surface area contributed by atoms with Crippen LogP contribution in [0.15, 0.2) is 12.4 Å². The van der Waals surface area contributed by atoms with Gasteiger partial charge in [0.25, 0.3) is 0 Å². The van der Waals surface area contributed by atoms with Crippen LogP contribution >= 0.6 is 0 Å². The molecule has 114 valence electrons. The van der Waals surface area contributed by atoms with Gasteiger partial charge in [0.15, 0.2) is 0 Å². The number of aromatic nitrogens is 2. The summed E-state index contributed by atoms with van der Waals surface area (Å²) in [5.74, 6) is 0. The minimum absolute atomic E-state index is 0.0247. The molecule has 1 saturated heterocycles. The highest BCUT2D eigenvalue weighted by molar-refractivity contribution is 7.88. The van der Waals surface area contributed by atoms with Crippen molar-refractivity contribution in [2.24, 2.45) is 7.05 Å². The highest BCUT2D eigenvalue weighted by Gasteiger charge is 2.33. The van der Waals surface area contributed by atoms with E-state index in [1.807, 2.05) is 19.4 Å². The Morgan fingerprint density at radius 1 is 1.55 bits per heavy atom. The van der Waals surface area contributed by atoms with Gasteiger partial charge in [0.05, 0.1) is 31.2 Å². The van der Waals surface area contributed by atoms with Gasteiger partial charge in [-0.25, -0.2) is 13.1 Å². The Kier molecular flexibility index (Phi) is 4.79. The lowest BCUT2D eigenvalue weighted by atomic mass is 10.0. The average Bonchev–Trinajstić information content (AvgIpc) is 2.81. The molecule has 8 heteroatoms. The van der Waals surface area contributed by atoms with Crippen LogP contribution in [0.4, 0.5) is 0 Å². The van der Waals surface area contributed by atoms with Crippen LogP contribution in [0.25, 0.3) is 0 Å². The number of sulfonamides is 1. The van der Waals surface area contributed by atoms with Crippen LogP contribution < -0.4 is 4.72 Å². The standard InChI is InChI=1S/C12H22N4O3S/c1-4-16-5-6-19-11(8-14-20(3,17)18)12(16)10-7-13-15(2)9-10/h7,9,11-12,14H,4-6,8H2,1-3H3/t11-,12-/m0/s1. The average molecular weight is 302 g/mol. The summed E-state index contributed by atoms with van der Waals surface area (Å²) >= 11 is 0. The number of morpholine rings is 1. The molecular formula is C12H22N4O3S. The van der Waals surface area contributed by atoms with Gasteiger partial charge in [-0.05, 0) is 6.54 Å². The highest BCUT2D eigenvalue weighted by Crippen LogP contribution is 2.28. The summed E-state index contributed by atoms with van der Waals surface area (Å²) in [6.07, 6.45) is 4.72. The third kappa shape index (κ3) is 3.78. The minimum Gasteiger partial charge on any atom is -0.374 e. The highest BCUT2D eigenvalue weighted by atomic mass is 32.2. The number of nitrogens with one attached hydrogen (secondary N) is 1. The fourth-order valence-electron chi connectivity index (χ4n) is 2.56. The molecule has 0 unspecified atom stereocenters. The van der Waals surface area contributed by atoms with Crippen LogP contribution in [0, 0.1) is 0 Å². The van der Waals surface area contributed by atoms with Gasteiger partial charge in [-0.1, -0.05) is 6.92 Å².